The van der Waals surface area contributed by atoms with Crippen molar-refractivity contribution in [2.45, 2.75) is 20.0 Å². The largest absolute Gasteiger partial charge is 0.383 e. The van der Waals surface area contributed by atoms with E-state index in [0.29, 0.717) is 16.6 Å². The summed E-state index contributed by atoms with van der Waals surface area (Å²) in [6.07, 6.45) is 0. The van der Waals surface area contributed by atoms with E-state index in [9.17, 15) is 14.4 Å². The molecule has 3 aromatic rings. The molecular formula is C23H25Cl2N5O3. The van der Waals surface area contributed by atoms with Gasteiger partial charge in [0.2, 0.25) is 5.91 Å². The van der Waals surface area contributed by atoms with Crippen LogP contribution in [0.2, 0.25) is 10.0 Å². The van der Waals surface area contributed by atoms with E-state index in [4.69, 9.17) is 28.9 Å². The van der Waals surface area contributed by atoms with E-state index in [1.54, 1.807) is 37.1 Å². The van der Waals surface area contributed by atoms with Gasteiger partial charge in [0.25, 0.3) is 5.56 Å². The minimum Gasteiger partial charge on any atom is -0.383 e. The lowest BCUT2D eigenvalue weighted by Crippen LogP contribution is -2.44. The zero-order valence-electron chi connectivity index (χ0n) is 18.3. The molecule has 1 amide bonds. The fourth-order valence-electron chi connectivity index (χ4n) is 3.61. The molecule has 0 bridgehead atoms. The van der Waals surface area contributed by atoms with Crippen molar-refractivity contribution in [2.24, 2.45) is 0 Å². The van der Waals surface area contributed by atoms with Gasteiger partial charge in [0, 0.05) is 23.1 Å². The third-order valence-electron chi connectivity index (χ3n) is 5.06. The van der Waals surface area contributed by atoms with Crippen molar-refractivity contribution in [3.8, 4) is 0 Å². The standard InChI is InChI=1S/C23H25Cl2N5O3/c1-3-29(19(31)14-28(2)12-16-9-17(24)11-18(25)10-16)20-21(26)30(23(33)27-22(20)32)13-15-7-5-4-6-8-15/h4-11H,3,12-14,26H2,1-2H3,(H,27,32,33). The normalized spacial score (nSPS) is 11.1. The first-order valence-corrected chi connectivity index (χ1v) is 11.1. The van der Waals surface area contributed by atoms with Gasteiger partial charge in [-0.1, -0.05) is 53.5 Å². The molecule has 2 aromatic carbocycles. The maximum absolute atomic E-state index is 13.1. The second-order valence-electron chi connectivity index (χ2n) is 7.65. The Balaban J connectivity index is 1.85. The van der Waals surface area contributed by atoms with Gasteiger partial charge in [-0.05, 0) is 43.3 Å². The van der Waals surface area contributed by atoms with Crippen LogP contribution in [0.3, 0.4) is 0 Å². The van der Waals surface area contributed by atoms with E-state index < -0.39 is 11.2 Å². The van der Waals surface area contributed by atoms with Crippen LogP contribution in [-0.4, -0.2) is 40.5 Å². The maximum atomic E-state index is 13.1. The monoisotopic (exact) mass is 489 g/mol. The van der Waals surface area contributed by atoms with Crippen LogP contribution in [-0.2, 0) is 17.9 Å². The van der Waals surface area contributed by atoms with Crippen LogP contribution in [0.15, 0.2) is 58.1 Å². The lowest BCUT2D eigenvalue weighted by Gasteiger charge is -2.25. The predicted molar refractivity (Wildman–Crippen MR) is 132 cm³/mol. The van der Waals surface area contributed by atoms with E-state index in [-0.39, 0.29) is 37.0 Å². The summed E-state index contributed by atoms with van der Waals surface area (Å²) in [7, 11) is 1.77. The van der Waals surface area contributed by atoms with E-state index in [1.807, 2.05) is 30.3 Å². The Morgan fingerprint density at radius 2 is 1.70 bits per heavy atom. The molecule has 0 aliphatic heterocycles. The van der Waals surface area contributed by atoms with Crippen LogP contribution in [0.25, 0.3) is 0 Å². The Morgan fingerprint density at radius 1 is 1.06 bits per heavy atom. The molecule has 174 valence electrons. The fourth-order valence-corrected chi connectivity index (χ4v) is 4.18. The lowest BCUT2D eigenvalue weighted by molar-refractivity contribution is -0.119. The molecule has 0 aliphatic carbocycles. The molecule has 0 radical (unpaired) electrons. The number of amides is 1. The third-order valence-corrected chi connectivity index (χ3v) is 5.50. The number of likely N-dealkylation sites (N-methyl/N-ethyl adjacent to an activating group) is 2. The number of hydrogen-bond donors (Lipinski definition) is 2. The Morgan fingerprint density at radius 3 is 2.30 bits per heavy atom. The van der Waals surface area contributed by atoms with E-state index in [0.717, 1.165) is 11.1 Å². The minimum atomic E-state index is -0.707. The molecule has 0 unspecified atom stereocenters. The van der Waals surface area contributed by atoms with Crippen molar-refractivity contribution >= 4 is 40.6 Å². The van der Waals surface area contributed by atoms with Crippen LogP contribution in [0.5, 0.6) is 0 Å². The Kier molecular flexibility index (Phi) is 7.97. The average molecular weight is 490 g/mol. The quantitative estimate of drug-likeness (QED) is 0.505. The first kappa shape index (κ1) is 24.6. The van der Waals surface area contributed by atoms with Crippen LogP contribution in [0, 0.1) is 0 Å². The number of rotatable bonds is 8. The lowest BCUT2D eigenvalue weighted by atomic mass is 10.2. The highest BCUT2D eigenvalue weighted by Crippen LogP contribution is 2.21. The highest BCUT2D eigenvalue weighted by Gasteiger charge is 2.24. The van der Waals surface area contributed by atoms with Crippen LogP contribution >= 0.6 is 23.2 Å². The number of hydrogen-bond acceptors (Lipinski definition) is 5. The van der Waals surface area contributed by atoms with Crippen molar-refractivity contribution in [1.29, 1.82) is 0 Å². The van der Waals surface area contributed by atoms with Gasteiger partial charge >= 0.3 is 5.69 Å². The molecule has 3 N–H and O–H groups in total. The summed E-state index contributed by atoms with van der Waals surface area (Å²) in [6.45, 7) is 2.53. The summed E-state index contributed by atoms with van der Waals surface area (Å²) in [5.41, 5.74) is 6.53. The zero-order valence-corrected chi connectivity index (χ0v) is 19.9. The summed E-state index contributed by atoms with van der Waals surface area (Å²) in [6, 6.07) is 14.4. The number of nitrogens with one attached hydrogen (secondary N) is 1. The van der Waals surface area contributed by atoms with E-state index >= 15 is 0 Å². The molecule has 0 atom stereocenters. The summed E-state index contributed by atoms with van der Waals surface area (Å²) in [4.78, 5) is 43.5. The van der Waals surface area contributed by atoms with Crippen molar-refractivity contribution < 1.29 is 4.79 Å². The average Bonchev–Trinajstić information content (AvgIpc) is 2.73. The summed E-state index contributed by atoms with van der Waals surface area (Å²) < 4.78 is 1.25. The molecule has 33 heavy (non-hydrogen) atoms. The topological polar surface area (TPSA) is 104 Å². The van der Waals surface area contributed by atoms with E-state index in [2.05, 4.69) is 4.98 Å². The Hall–Kier alpha value is -3.07. The number of carbonyl (C=O) groups is 1. The zero-order chi connectivity index (χ0) is 24.1. The summed E-state index contributed by atoms with van der Waals surface area (Å²) in [5, 5.41) is 1.01. The number of nitrogens with two attached hydrogens (primary N) is 1. The number of aromatic amines is 1. The molecule has 0 aliphatic rings. The molecule has 1 aromatic heterocycles. The molecule has 1 heterocycles. The van der Waals surface area contributed by atoms with Crippen LogP contribution in [0.4, 0.5) is 11.5 Å². The van der Waals surface area contributed by atoms with Crippen molar-refractivity contribution in [1.82, 2.24) is 14.5 Å². The molecule has 8 nitrogen and oxygen atoms in total. The number of halogens is 2. The van der Waals surface area contributed by atoms with Gasteiger partial charge in [0.1, 0.15) is 5.82 Å². The Bertz CT molecular complexity index is 1240. The number of benzene rings is 2. The van der Waals surface area contributed by atoms with Gasteiger partial charge in [-0.3, -0.25) is 24.0 Å². The van der Waals surface area contributed by atoms with Gasteiger partial charge < -0.3 is 10.6 Å². The number of aromatic nitrogens is 2. The number of nitrogen functional groups attached to an aromatic ring is 1. The number of nitrogens with zero attached hydrogens (tertiary/aromatic N) is 3. The van der Waals surface area contributed by atoms with Gasteiger partial charge in [0.15, 0.2) is 5.69 Å². The van der Waals surface area contributed by atoms with Crippen molar-refractivity contribution in [3.05, 3.63) is 90.5 Å². The van der Waals surface area contributed by atoms with Crippen molar-refractivity contribution in [3.63, 3.8) is 0 Å². The van der Waals surface area contributed by atoms with Crippen molar-refractivity contribution in [2.75, 3.05) is 30.8 Å². The smallest absolute Gasteiger partial charge is 0.330 e. The number of carbonyl (C=O) groups excluding carboxylic acids is 1. The molecule has 0 fully saturated rings. The summed E-state index contributed by atoms with van der Waals surface area (Å²) in [5.74, 6) is -0.401. The van der Waals surface area contributed by atoms with Gasteiger partial charge in [-0.25, -0.2) is 4.79 Å². The molecule has 10 heteroatoms. The van der Waals surface area contributed by atoms with Crippen LogP contribution < -0.4 is 21.9 Å². The highest BCUT2D eigenvalue weighted by molar-refractivity contribution is 6.34. The molecular weight excluding hydrogens is 465 g/mol. The van der Waals surface area contributed by atoms with Gasteiger partial charge in [-0.15, -0.1) is 0 Å². The molecule has 3 rings (SSSR count). The second kappa shape index (κ2) is 10.7. The second-order valence-corrected chi connectivity index (χ2v) is 8.53. The SMILES string of the molecule is CCN(C(=O)CN(C)Cc1cc(Cl)cc(Cl)c1)c1c(N)n(Cc2ccccc2)c(=O)[nH]c1=O. The van der Waals surface area contributed by atoms with Gasteiger partial charge in [0.05, 0.1) is 13.1 Å². The van der Waals surface area contributed by atoms with Gasteiger partial charge in [-0.2, -0.15) is 0 Å². The summed E-state index contributed by atoms with van der Waals surface area (Å²) >= 11 is 12.1. The third kappa shape index (κ3) is 6.04. The molecule has 0 saturated heterocycles. The van der Waals surface area contributed by atoms with E-state index in [1.165, 1.54) is 9.47 Å². The molecule has 0 saturated carbocycles. The first-order chi connectivity index (χ1) is 15.7. The maximum Gasteiger partial charge on any atom is 0.330 e. The number of anilines is 2. The Labute approximate surface area is 201 Å². The van der Waals surface area contributed by atoms with Crippen LogP contribution in [0.1, 0.15) is 18.1 Å². The predicted octanol–water partition coefficient (Wildman–Crippen LogP) is 2.96. The first-order valence-electron chi connectivity index (χ1n) is 10.3. The minimum absolute atomic E-state index is 0.00860. The number of H-pyrrole nitrogens is 1. The highest BCUT2D eigenvalue weighted by atomic mass is 35.5. The molecule has 0 spiro atoms. The fraction of sp³-hybridized carbons (Fsp3) is 0.261.